The van der Waals surface area contributed by atoms with E-state index in [1.54, 1.807) is 7.11 Å². The van der Waals surface area contributed by atoms with Crippen molar-refractivity contribution in [1.29, 1.82) is 5.41 Å². The molecule has 1 saturated heterocycles. The summed E-state index contributed by atoms with van der Waals surface area (Å²) in [6.07, 6.45) is 0.742. The Morgan fingerprint density at radius 3 is 2.53 bits per heavy atom. The van der Waals surface area contributed by atoms with Crippen molar-refractivity contribution in [2.24, 2.45) is 5.92 Å². The second-order valence-corrected chi connectivity index (χ2v) is 8.34. The van der Waals surface area contributed by atoms with E-state index < -0.39 is 6.09 Å². The van der Waals surface area contributed by atoms with Gasteiger partial charge in [-0.2, -0.15) is 0 Å². The third-order valence-corrected chi connectivity index (χ3v) is 6.76. The van der Waals surface area contributed by atoms with Crippen LogP contribution in [0.4, 0.5) is 4.79 Å². The Hall–Kier alpha value is -3.22. The molecule has 7 nitrogen and oxygen atoms in total. The SMILES string of the molecule is CCN(CC)C(=N)c1ccc2c(c1)Oc1c(OC)cccc1C2C1CCN(C(=O)O)CC1. The molecule has 32 heavy (non-hydrogen) atoms. The van der Waals surface area contributed by atoms with Crippen LogP contribution in [0.1, 0.15) is 49.3 Å². The maximum Gasteiger partial charge on any atom is 0.407 e. The van der Waals surface area contributed by atoms with E-state index >= 15 is 0 Å². The summed E-state index contributed by atoms with van der Waals surface area (Å²) in [6.45, 7) is 6.72. The first-order valence-corrected chi connectivity index (χ1v) is 11.3. The number of nitrogens with one attached hydrogen (secondary N) is 1. The minimum atomic E-state index is -0.850. The van der Waals surface area contributed by atoms with Crippen LogP contribution in [0.2, 0.25) is 0 Å². The number of para-hydroxylation sites is 1. The highest BCUT2D eigenvalue weighted by Gasteiger charge is 2.37. The predicted molar refractivity (Wildman–Crippen MR) is 123 cm³/mol. The van der Waals surface area contributed by atoms with Gasteiger partial charge in [0.05, 0.1) is 7.11 Å². The summed E-state index contributed by atoms with van der Waals surface area (Å²) in [5, 5.41) is 18.0. The molecular weight excluding hydrogens is 406 g/mol. The second kappa shape index (κ2) is 9.10. The zero-order valence-electron chi connectivity index (χ0n) is 18.9. The number of hydrogen-bond donors (Lipinski definition) is 2. The molecule has 0 aliphatic carbocycles. The van der Waals surface area contributed by atoms with E-state index in [9.17, 15) is 9.90 Å². The molecule has 0 saturated carbocycles. The normalized spacial score (nSPS) is 17.7. The fourth-order valence-electron chi connectivity index (χ4n) is 5.01. The van der Waals surface area contributed by atoms with E-state index in [1.807, 2.05) is 43.0 Å². The molecule has 2 aromatic rings. The van der Waals surface area contributed by atoms with E-state index in [2.05, 4.69) is 12.1 Å². The number of ether oxygens (including phenoxy) is 2. The van der Waals surface area contributed by atoms with Gasteiger partial charge < -0.3 is 24.4 Å². The number of fused-ring (bicyclic) bond motifs is 2. The summed E-state index contributed by atoms with van der Waals surface area (Å²) in [6, 6.07) is 12.0. The van der Waals surface area contributed by atoms with Gasteiger partial charge in [0.1, 0.15) is 11.6 Å². The summed E-state index contributed by atoms with van der Waals surface area (Å²) in [5.74, 6) is 3.04. The van der Waals surface area contributed by atoms with Crippen molar-refractivity contribution in [1.82, 2.24) is 9.80 Å². The standard InChI is InChI=1S/C25H31N3O4/c1-4-27(5-2)24(26)17-9-10-18-21(15-17)32-23-19(7-6-8-20(23)31-3)22(18)16-11-13-28(14-12-16)25(29)30/h6-10,15-16,22,26H,4-5,11-14H2,1-3H3,(H,29,30). The number of carboxylic acid groups (broad SMARTS) is 1. The number of carbonyl (C=O) groups is 1. The Bertz CT molecular complexity index is 1010. The summed E-state index contributed by atoms with van der Waals surface area (Å²) >= 11 is 0. The van der Waals surface area contributed by atoms with Crippen molar-refractivity contribution < 1.29 is 19.4 Å². The van der Waals surface area contributed by atoms with Crippen LogP contribution in [0.3, 0.4) is 0 Å². The lowest BCUT2D eigenvalue weighted by Crippen LogP contribution is -2.39. The fraction of sp³-hybridized carbons (Fsp3) is 0.440. The van der Waals surface area contributed by atoms with Crippen LogP contribution < -0.4 is 9.47 Å². The largest absolute Gasteiger partial charge is 0.493 e. The maximum absolute atomic E-state index is 11.4. The number of likely N-dealkylation sites (tertiary alicyclic amines) is 1. The smallest absolute Gasteiger partial charge is 0.407 e. The lowest BCUT2D eigenvalue weighted by Gasteiger charge is -2.38. The molecule has 0 radical (unpaired) electrons. The molecule has 2 aromatic carbocycles. The van der Waals surface area contributed by atoms with Crippen LogP contribution in [-0.2, 0) is 0 Å². The lowest BCUT2D eigenvalue weighted by atomic mass is 9.74. The van der Waals surface area contributed by atoms with Crippen LogP contribution in [0, 0.1) is 11.3 Å². The van der Waals surface area contributed by atoms with Crippen molar-refractivity contribution in [3.63, 3.8) is 0 Å². The molecule has 1 amide bonds. The van der Waals surface area contributed by atoms with Crippen molar-refractivity contribution in [2.75, 3.05) is 33.3 Å². The Morgan fingerprint density at radius 2 is 1.91 bits per heavy atom. The molecule has 1 atom stereocenters. The van der Waals surface area contributed by atoms with Gasteiger partial charge in [0.25, 0.3) is 0 Å². The molecular formula is C25H31N3O4. The van der Waals surface area contributed by atoms with Crippen LogP contribution in [0.25, 0.3) is 0 Å². The molecule has 2 aliphatic heterocycles. The van der Waals surface area contributed by atoms with Crippen molar-refractivity contribution >= 4 is 11.9 Å². The van der Waals surface area contributed by atoms with Gasteiger partial charge in [-0.15, -0.1) is 0 Å². The number of methoxy groups -OCH3 is 1. The summed E-state index contributed by atoms with van der Waals surface area (Å²) in [7, 11) is 1.64. The highest BCUT2D eigenvalue weighted by Crippen LogP contribution is 2.52. The summed E-state index contributed by atoms with van der Waals surface area (Å²) < 4.78 is 12.0. The topological polar surface area (TPSA) is 86.1 Å². The highest BCUT2D eigenvalue weighted by molar-refractivity contribution is 5.97. The molecule has 0 spiro atoms. The average Bonchev–Trinajstić information content (AvgIpc) is 2.82. The number of amides is 1. The van der Waals surface area contributed by atoms with Gasteiger partial charge in [-0.25, -0.2) is 4.79 Å². The summed E-state index contributed by atoms with van der Waals surface area (Å²) in [5.41, 5.74) is 3.00. The van der Waals surface area contributed by atoms with Crippen LogP contribution >= 0.6 is 0 Å². The molecule has 4 rings (SSSR count). The lowest BCUT2D eigenvalue weighted by molar-refractivity contribution is 0.121. The number of hydrogen-bond acceptors (Lipinski definition) is 4. The van der Waals surface area contributed by atoms with Crippen LogP contribution in [0.5, 0.6) is 17.2 Å². The molecule has 0 bridgehead atoms. The zero-order valence-corrected chi connectivity index (χ0v) is 18.9. The van der Waals surface area contributed by atoms with E-state index in [-0.39, 0.29) is 5.92 Å². The van der Waals surface area contributed by atoms with Gasteiger partial charge in [-0.05, 0) is 44.7 Å². The van der Waals surface area contributed by atoms with Gasteiger partial charge in [-0.3, -0.25) is 5.41 Å². The third kappa shape index (κ3) is 3.87. The Balaban J connectivity index is 1.74. The van der Waals surface area contributed by atoms with Crippen LogP contribution in [0.15, 0.2) is 36.4 Å². The molecule has 170 valence electrons. The molecule has 0 aromatic heterocycles. The Labute approximate surface area is 189 Å². The minimum Gasteiger partial charge on any atom is -0.493 e. The van der Waals surface area contributed by atoms with Gasteiger partial charge >= 0.3 is 6.09 Å². The van der Waals surface area contributed by atoms with Crippen molar-refractivity contribution in [2.45, 2.75) is 32.6 Å². The number of rotatable bonds is 5. The van der Waals surface area contributed by atoms with E-state index in [0.29, 0.717) is 30.6 Å². The van der Waals surface area contributed by atoms with E-state index in [0.717, 1.165) is 54.1 Å². The first-order chi connectivity index (χ1) is 15.5. The second-order valence-electron chi connectivity index (χ2n) is 8.34. The Kier molecular flexibility index (Phi) is 6.26. The number of nitrogens with zero attached hydrogens (tertiary/aromatic N) is 2. The molecule has 2 N–H and O–H groups in total. The monoisotopic (exact) mass is 437 g/mol. The summed E-state index contributed by atoms with van der Waals surface area (Å²) in [4.78, 5) is 14.9. The first-order valence-electron chi connectivity index (χ1n) is 11.3. The fourth-order valence-corrected chi connectivity index (χ4v) is 5.01. The van der Waals surface area contributed by atoms with Gasteiger partial charge in [0, 0.05) is 48.8 Å². The van der Waals surface area contributed by atoms with Gasteiger partial charge in [0.15, 0.2) is 11.5 Å². The molecule has 1 unspecified atom stereocenters. The zero-order chi connectivity index (χ0) is 22.8. The highest BCUT2D eigenvalue weighted by atomic mass is 16.5. The average molecular weight is 438 g/mol. The quantitative estimate of drug-likeness (QED) is 0.508. The molecule has 7 heteroatoms. The molecule has 1 fully saturated rings. The Morgan fingerprint density at radius 1 is 1.19 bits per heavy atom. The third-order valence-electron chi connectivity index (χ3n) is 6.76. The molecule has 2 heterocycles. The predicted octanol–water partition coefficient (Wildman–Crippen LogP) is 4.99. The number of benzene rings is 2. The van der Waals surface area contributed by atoms with E-state index in [4.69, 9.17) is 14.9 Å². The minimum absolute atomic E-state index is 0.0940. The van der Waals surface area contributed by atoms with Gasteiger partial charge in [-0.1, -0.05) is 24.3 Å². The number of piperidine rings is 1. The van der Waals surface area contributed by atoms with Crippen LogP contribution in [-0.4, -0.2) is 60.1 Å². The molecule has 2 aliphatic rings. The van der Waals surface area contributed by atoms with Crippen molar-refractivity contribution in [3.8, 4) is 17.2 Å². The van der Waals surface area contributed by atoms with E-state index in [1.165, 1.54) is 4.90 Å². The maximum atomic E-state index is 11.4. The number of amidine groups is 1. The van der Waals surface area contributed by atoms with Crippen molar-refractivity contribution in [3.05, 3.63) is 53.1 Å². The first kappa shape index (κ1) is 22.0. The van der Waals surface area contributed by atoms with Gasteiger partial charge in [0.2, 0.25) is 0 Å².